The van der Waals surface area contributed by atoms with E-state index in [1.54, 1.807) is 7.11 Å². The number of aryl methyl sites for hydroxylation is 1. The second kappa shape index (κ2) is 5.15. The maximum Gasteiger partial charge on any atom is 0.273 e. The summed E-state index contributed by atoms with van der Waals surface area (Å²) >= 11 is 0. The maximum atomic E-state index is 12.1. The lowest BCUT2D eigenvalue weighted by Crippen LogP contribution is -2.49. The summed E-state index contributed by atoms with van der Waals surface area (Å²) in [7, 11) is -2.41. The molecule has 9 heteroatoms. The van der Waals surface area contributed by atoms with Crippen molar-refractivity contribution in [1.29, 1.82) is 0 Å². The highest BCUT2D eigenvalue weighted by Crippen LogP contribution is 2.34. The summed E-state index contributed by atoms with van der Waals surface area (Å²) in [6, 6.07) is 0. The van der Waals surface area contributed by atoms with Gasteiger partial charge in [0, 0.05) is 13.7 Å². The van der Waals surface area contributed by atoms with Crippen LogP contribution in [-0.4, -0.2) is 43.8 Å². The molecule has 0 unspecified atom stereocenters. The molecule has 1 aliphatic carbocycles. The second-order valence-electron chi connectivity index (χ2n) is 4.99. The SMILES string of the molecule is COC1(CNC(=O)c2n[nH]c(C)c2S(N)(=O)=O)CCC1. The van der Waals surface area contributed by atoms with Crippen LogP contribution in [0.4, 0.5) is 0 Å². The van der Waals surface area contributed by atoms with E-state index in [0.717, 1.165) is 19.3 Å². The Kier molecular flexibility index (Phi) is 3.85. The first-order valence-electron chi connectivity index (χ1n) is 6.20. The molecular weight excluding hydrogens is 284 g/mol. The predicted octanol–water partition coefficient (Wildman–Crippen LogP) is -0.336. The summed E-state index contributed by atoms with van der Waals surface area (Å²) in [5.74, 6) is -0.582. The minimum absolute atomic E-state index is 0.212. The highest BCUT2D eigenvalue weighted by Gasteiger charge is 2.37. The third kappa shape index (κ3) is 2.69. The minimum Gasteiger partial charge on any atom is -0.376 e. The summed E-state index contributed by atoms with van der Waals surface area (Å²) in [5.41, 5.74) is -0.318. The Morgan fingerprint density at radius 3 is 2.65 bits per heavy atom. The molecule has 20 heavy (non-hydrogen) atoms. The highest BCUT2D eigenvalue weighted by molar-refractivity contribution is 7.89. The quantitative estimate of drug-likeness (QED) is 0.686. The van der Waals surface area contributed by atoms with E-state index in [1.807, 2.05) is 0 Å². The number of carbonyl (C=O) groups is 1. The molecule has 0 bridgehead atoms. The Morgan fingerprint density at radius 2 is 2.20 bits per heavy atom. The largest absolute Gasteiger partial charge is 0.376 e. The lowest BCUT2D eigenvalue weighted by Gasteiger charge is -2.40. The lowest BCUT2D eigenvalue weighted by atomic mass is 9.80. The van der Waals surface area contributed by atoms with E-state index in [9.17, 15) is 13.2 Å². The van der Waals surface area contributed by atoms with Crippen molar-refractivity contribution in [3.8, 4) is 0 Å². The van der Waals surface area contributed by atoms with E-state index in [4.69, 9.17) is 9.88 Å². The molecule has 1 saturated carbocycles. The third-order valence-electron chi connectivity index (χ3n) is 3.66. The van der Waals surface area contributed by atoms with E-state index in [-0.39, 0.29) is 21.9 Å². The third-order valence-corrected chi connectivity index (χ3v) is 4.73. The number of sulfonamides is 1. The van der Waals surface area contributed by atoms with Crippen molar-refractivity contribution < 1.29 is 17.9 Å². The number of nitrogens with two attached hydrogens (primary N) is 1. The number of aromatic nitrogens is 2. The van der Waals surface area contributed by atoms with Gasteiger partial charge in [0.1, 0.15) is 4.90 Å². The van der Waals surface area contributed by atoms with E-state index in [1.165, 1.54) is 6.92 Å². The number of primary sulfonamides is 1. The fourth-order valence-electron chi connectivity index (χ4n) is 2.27. The highest BCUT2D eigenvalue weighted by atomic mass is 32.2. The number of aromatic amines is 1. The van der Waals surface area contributed by atoms with Crippen LogP contribution in [0.2, 0.25) is 0 Å². The van der Waals surface area contributed by atoms with Crippen molar-refractivity contribution in [2.45, 2.75) is 36.7 Å². The van der Waals surface area contributed by atoms with E-state index in [2.05, 4.69) is 15.5 Å². The number of rotatable bonds is 5. The smallest absolute Gasteiger partial charge is 0.273 e. The van der Waals surface area contributed by atoms with Gasteiger partial charge in [0.2, 0.25) is 10.0 Å². The van der Waals surface area contributed by atoms with Gasteiger partial charge in [-0.15, -0.1) is 0 Å². The fraction of sp³-hybridized carbons (Fsp3) is 0.636. The Labute approximate surface area is 117 Å². The number of nitrogens with one attached hydrogen (secondary N) is 2. The molecule has 1 aromatic heterocycles. The average Bonchev–Trinajstić information content (AvgIpc) is 2.70. The summed E-state index contributed by atoms with van der Waals surface area (Å²) < 4.78 is 28.3. The van der Waals surface area contributed by atoms with Crippen molar-refractivity contribution in [2.24, 2.45) is 5.14 Å². The number of ether oxygens (including phenoxy) is 1. The lowest BCUT2D eigenvalue weighted by molar-refractivity contribution is -0.0679. The summed E-state index contributed by atoms with van der Waals surface area (Å²) in [5, 5.41) is 13.9. The normalized spacial score (nSPS) is 17.6. The van der Waals surface area contributed by atoms with Gasteiger partial charge in [-0.25, -0.2) is 13.6 Å². The molecule has 1 fully saturated rings. The molecule has 112 valence electrons. The average molecular weight is 302 g/mol. The van der Waals surface area contributed by atoms with Gasteiger partial charge in [0.05, 0.1) is 11.3 Å². The van der Waals surface area contributed by atoms with E-state index < -0.39 is 15.9 Å². The van der Waals surface area contributed by atoms with Crippen LogP contribution in [-0.2, 0) is 14.8 Å². The molecule has 0 aliphatic heterocycles. The Bertz CT molecular complexity index is 613. The Hall–Kier alpha value is -1.45. The molecule has 1 aliphatic rings. The molecule has 0 radical (unpaired) electrons. The minimum atomic E-state index is -4.00. The number of methoxy groups -OCH3 is 1. The van der Waals surface area contributed by atoms with Crippen molar-refractivity contribution in [3.05, 3.63) is 11.4 Å². The molecule has 4 N–H and O–H groups in total. The number of hydrogen-bond acceptors (Lipinski definition) is 5. The number of hydrogen-bond donors (Lipinski definition) is 3. The zero-order chi connectivity index (χ0) is 15.0. The molecule has 1 aromatic rings. The number of amides is 1. The molecule has 8 nitrogen and oxygen atoms in total. The van der Waals surface area contributed by atoms with Gasteiger partial charge in [0.15, 0.2) is 5.69 Å². The van der Waals surface area contributed by atoms with Crippen molar-refractivity contribution >= 4 is 15.9 Å². The van der Waals surface area contributed by atoms with Gasteiger partial charge >= 0.3 is 0 Å². The van der Waals surface area contributed by atoms with Crippen LogP contribution in [0.5, 0.6) is 0 Å². The van der Waals surface area contributed by atoms with Crippen LogP contribution >= 0.6 is 0 Å². The zero-order valence-electron chi connectivity index (χ0n) is 11.4. The Balaban J connectivity index is 2.14. The van der Waals surface area contributed by atoms with Crippen molar-refractivity contribution in [3.63, 3.8) is 0 Å². The molecule has 2 rings (SSSR count). The molecule has 0 atom stereocenters. The van der Waals surface area contributed by atoms with Crippen molar-refractivity contribution in [2.75, 3.05) is 13.7 Å². The van der Waals surface area contributed by atoms with Gasteiger partial charge < -0.3 is 10.1 Å². The van der Waals surface area contributed by atoms with Gasteiger partial charge in [-0.1, -0.05) is 0 Å². The van der Waals surface area contributed by atoms with Crippen LogP contribution < -0.4 is 10.5 Å². The molecule has 0 aromatic carbocycles. The summed E-state index contributed by atoms with van der Waals surface area (Å²) in [6.45, 7) is 1.81. The van der Waals surface area contributed by atoms with Crippen LogP contribution in [0.1, 0.15) is 35.4 Å². The molecule has 1 heterocycles. The summed E-state index contributed by atoms with van der Waals surface area (Å²) in [4.78, 5) is 11.8. The first-order valence-corrected chi connectivity index (χ1v) is 7.75. The van der Waals surface area contributed by atoms with Crippen LogP contribution in [0.3, 0.4) is 0 Å². The number of H-pyrrole nitrogens is 1. The molecule has 1 amide bonds. The zero-order valence-corrected chi connectivity index (χ0v) is 12.2. The standard InChI is InChI=1S/C11H18N4O4S/c1-7-9(20(12,17)18)8(15-14-7)10(16)13-6-11(19-2)4-3-5-11/h3-6H2,1-2H3,(H,13,16)(H,14,15)(H2,12,17,18). The molecule has 0 spiro atoms. The fourth-order valence-corrected chi connectivity index (χ4v) is 3.15. The molecular formula is C11H18N4O4S. The first kappa shape index (κ1) is 14.9. The first-order chi connectivity index (χ1) is 9.29. The van der Waals surface area contributed by atoms with Crippen molar-refractivity contribution in [1.82, 2.24) is 15.5 Å². The number of nitrogens with zero attached hydrogens (tertiary/aromatic N) is 1. The van der Waals surface area contributed by atoms with Gasteiger partial charge in [-0.3, -0.25) is 9.89 Å². The summed E-state index contributed by atoms with van der Waals surface area (Å²) in [6.07, 6.45) is 2.78. The maximum absolute atomic E-state index is 12.1. The molecule has 0 saturated heterocycles. The number of carbonyl (C=O) groups excluding carboxylic acids is 1. The monoisotopic (exact) mass is 302 g/mol. The van der Waals surface area contributed by atoms with Crippen LogP contribution in [0, 0.1) is 6.92 Å². The van der Waals surface area contributed by atoms with Crippen LogP contribution in [0.15, 0.2) is 4.90 Å². The van der Waals surface area contributed by atoms with Gasteiger partial charge in [-0.2, -0.15) is 5.10 Å². The topological polar surface area (TPSA) is 127 Å². The van der Waals surface area contributed by atoms with E-state index >= 15 is 0 Å². The van der Waals surface area contributed by atoms with Crippen LogP contribution in [0.25, 0.3) is 0 Å². The predicted molar refractivity (Wildman–Crippen MR) is 70.6 cm³/mol. The Morgan fingerprint density at radius 1 is 1.55 bits per heavy atom. The second-order valence-corrected chi connectivity index (χ2v) is 6.49. The van der Waals surface area contributed by atoms with Gasteiger partial charge in [0.25, 0.3) is 5.91 Å². The van der Waals surface area contributed by atoms with E-state index in [0.29, 0.717) is 6.54 Å². The van der Waals surface area contributed by atoms with Gasteiger partial charge in [-0.05, 0) is 26.2 Å².